The highest BCUT2D eigenvalue weighted by Gasteiger charge is 2.28. The van der Waals surface area contributed by atoms with Crippen molar-refractivity contribution < 1.29 is 9.90 Å². The summed E-state index contributed by atoms with van der Waals surface area (Å²) < 4.78 is 0. The standard InChI is InChI=1S/C15H22N2O2/c1-12-7-6-10-16-13(12)14(18)17-11-15(19)8-4-2-3-5-9-15/h6-7,10,19H,2-5,8-9,11H2,1H3,(H,17,18). The Bertz CT molecular complexity index is 438. The van der Waals surface area contributed by atoms with Gasteiger partial charge in [-0.2, -0.15) is 0 Å². The number of aromatic nitrogens is 1. The fourth-order valence-corrected chi connectivity index (χ4v) is 2.62. The lowest BCUT2D eigenvalue weighted by Crippen LogP contribution is -2.42. The third-order valence-electron chi connectivity index (χ3n) is 3.84. The molecule has 0 radical (unpaired) electrons. The quantitative estimate of drug-likeness (QED) is 0.821. The average Bonchev–Trinajstić information content (AvgIpc) is 2.62. The molecule has 1 fully saturated rings. The summed E-state index contributed by atoms with van der Waals surface area (Å²) in [5.74, 6) is -0.198. The van der Waals surface area contributed by atoms with Crippen molar-refractivity contribution in [2.24, 2.45) is 0 Å². The molecule has 4 heteroatoms. The number of hydrogen-bond donors (Lipinski definition) is 2. The van der Waals surface area contributed by atoms with Crippen LogP contribution in [0, 0.1) is 6.92 Å². The number of aliphatic hydroxyl groups is 1. The second-order valence-corrected chi connectivity index (χ2v) is 5.49. The van der Waals surface area contributed by atoms with Crippen LogP contribution in [-0.2, 0) is 0 Å². The summed E-state index contributed by atoms with van der Waals surface area (Å²) in [6.45, 7) is 2.18. The molecule has 0 spiro atoms. The first-order valence-corrected chi connectivity index (χ1v) is 7.03. The molecule has 2 rings (SSSR count). The Labute approximate surface area is 114 Å². The summed E-state index contributed by atoms with van der Waals surface area (Å²) in [6.07, 6.45) is 7.58. The van der Waals surface area contributed by atoms with Crippen molar-refractivity contribution in [1.29, 1.82) is 0 Å². The van der Waals surface area contributed by atoms with Gasteiger partial charge in [-0.15, -0.1) is 0 Å². The van der Waals surface area contributed by atoms with Crippen molar-refractivity contribution in [3.05, 3.63) is 29.6 Å². The van der Waals surface area contributed by atoms with E-state index in [1.807, 2.05) is 19.1 Å². The van der Waals surface area contributed by atoms with Gasteiger partial charge in [-0.3, -0.25) is 9.78 Å². The van der Waals surface area contributed by atoms with E-state index in [-0.39, 0.29) is 5.91 Å². The molecule has 0 unspecified atom stereocenters. The maximum atomic E-state index is 12.1. The summed E-state index contributed by atoms with van der Waals surface area (Å²) in [7, 11) is 0. The van der Waals surface area contributed by atoms with E-state index in [0.29, 0.717) is 12.2 Å². The fraction of sp³-hybridized carbons (Fsp3) is 0.600. The van der Waals surface area contributed by atoms with Crippen LogP contribution in [0.4, 0.5) is 0 Å². The average molecular weight is 262 g/mol. The maximum absolute atomic E-state index is 12.1. The molecule has 1 aliphatic carbocycles. The molecule has 0 saturated heterocycles. The lowest BCUT2D eigenvalue weighted by atomic mass is 9.94. The van der Waals surface area contributed by atoms with Crippen LogP contribution in [0.2, 0.25) is 0 Å². The number of rotatable bonds is 3. The summed E-state index contributed by atoms with van der Waals surface area (Å²) in [6, 6.07) is 3.67. The van der Waals surface area contributed by atoms with Crippen molar-refractivity contribution in [2.45, 2.75) is 51.0 Å². The first kappa shape index (κ1) is 14.0. The van der Waals surface area contributed by atoms with Crippen LogP contribution in [0.5, 0.6) is 0 Å². The Morgan fingerprint density at radius 2 is 2.05 bits per heavy atom. The van der Waals surface area contributed by atoms with Gasteiger partial charge in [0.25, 0.3) is 5.91 Å². The van der Waals surface area contributed by atoms with Gasteiger partial charge < -0.3 is 10.4 Å². The number of amides is 1. The molecular weight excluding hydrogens is 240 g/mol. The van der Waals surface area contributed by atoms with Crippen LogP contribution in [0.3, 0.4) is 0 Å². The van der Waals surface area contributed by atoms with Crippen LogP contribution in [0.1, 0.15) is 54.6 Å². The molecule has 1 aromatic rings. The van der Waals surface area contributed by atoms with E-state index < -0.39 is 5.60 Å². The second kappa shape index (κ2) is 6.15. The van der Waals surface area contributed by atoms with Crippen molar-refractivity contribution in [3.8, 4) is 0 Å². The van der Waals surface area contributed by atoms with Crippen LogP contribution in [0.15, 0.2) is 18.3 Å². The van der Waals surface area contributed by atoms with Gasteiger partial charge in [-0.05, 0) is 31.4 Å². The Balaban J connectivity index is 1.94. The number of hydrogen-bond acceptors (Lipinski definition) is 3. The number of carbonyl (C=O) groups is 1. The zero-order valence-corrected chi connectivity index (χ0v) is 11.5. The monoisotopic (exact) mass is 262 g/mol. The molecule has 0 bridgehead atoms. The van der Waals surface area contributed by atoms with Crippen LogP contribution in [-0.4, -0.2) is 28.1 Å². The van der Waals surface area contributed by atoms with Gasteiger partial charge in [0.15, 0.2) is 0 Å². The zero-order chi connectivity index (χ0) is 13.7. The molecule has 104 valence electrons. The highest BCUT2D eigenvalue weighted by atomic mass is 16.3. The van der Waals surface area contributed by atoms with Gasteiger partial charge in [0.05, 0.1) is 5.60 Å². The molecule has 2 N–H and O–H groups in total. The first-order chi connectivity index (χ1) is 9.11. The Morgan fingerprint density at radius 3 is 2.68 bits per heavy atom. The molecule has 1 saturated carbocycles. The minimum Gasteiger partial charge on any atom is -0.388 e. The number of carbonyl (C=O) groups excluding carboxylic acids is 1. The SMILES string of the molecule is Cc1cccnc1C(=O)NCC1(O)CCCCCC1. The molecule has 0 aliphatic heterocycles. The lowest BCUT2D eigenvalue weighted by Gasteiger charge is -2.26. The van der Waals surface area contributed by atoms with E-state index in [4.69, 9.17) is 0 Å². The summed E-state index contributed by atoms with van der Waals surface area (Å²) in [5, 5.41) is 13.3. The topological polar surface area (TPSA) is 62.2 Å². The summed E-state index contributed by atoms with van der Waals surface area (Å²) >= 11 is 0. The lowest BCUT2D eigenvalue weighted by molar-refractivity contribution is 0.0245. The molecule has 1 aromatic heterocycles. The predicted molar refractivity (Wildman–Crippen MR) is 74.0 cm³/mol. The second-order valence-electron chi connectivity index (χ2n) is 5.49. The number of nitrogens with zero attached hydrogens (tertiary/aromatic N) is 1. The maximum Gasteiger partial charge on any atom is 0.270 e. The number of aryl methyl sites for hydroxylation is 1. The molecule has 1 heterocycles. The Morgan fingerprint density at radius 1 is 1.37 bits per heavy atom. The smallest absolute Gasteiger partial charge is 0.270 e. The molecule has 19 heavy (non-hydrogen) atoms. The largest absolute Gasteiger partial charge is 0.388 e. The van der Waals surface area contributed by atoms with Gasteiger partial charge in [0.2, 0.25) is 0 Å². The van der Waals surface area contributed by atoms with Crippen molar-refractivity contribution in [2.75, 3.05) is 6.54 Å². The molecule has 4 nitrogen and oxygen atoms in total. The predicted octanol–water partition coefficient (Wildman–Crippen LogP) is 2.21. The van der Waals surface area contributed by atoms with Crippen LogP contribution >= 0.6 is 0 Å². The van der Waals surface area contributed by atoms with Crippen LogP contribution < -0.4 is 5.32 Å². The van der Waals surface area contributed by atoms with Gasteiger partial charge in [0, 0.05) is 12.7 Å². The van der Waals surface area contributed by atoms with Gasteiger partial charge in [0.1, 0.15) is 5.69 Å². The Kier molecular flexibility index (Phi) is 4.53. The first-order valence-electron chi connectivity index (χ1n) is 7.03. The van der Waals surface area contributed by atoms with E-state index in [0.717, 1.165) is 31.2 Å². The Hall–Kier alpha value is -1.42. The van der Waals surface area contributed by atoms with E-state index >= 15 is 0 Å². The molecular formula is C15H22N2O2. The molecule has 1 aliphatic rings. The molecule has 0 atom stereocenters. The zero-order valence-electron chi connectivity index (χ0n) is 11.5. The van der Waals surface area contributed by atoms with Gasteiger partial charge in [-0.25, -0.2) is 0 Å². The van der Waals surface area contributed by atoms with Gasteiger partial charge in [-0.1, -0.05) is 31.7 Å². The minimum absolute atomic E-state index is 0.198. The van der Waals surface area contributed by atoms with Crippen LogP contribution in [0.25, 0.3) is 0 Å². The van der Waals surface area contributed by atoms with Crippen molar-refractivity contribution in [3.63, 3.8) is 0 Å². The third kappa shape index (κ3) is 3.77. The highest BCUT2D eigenvalue weighted by molar-refractivity contribution is 5.93. The van der Waals surface area contributed by atoms with Gasteiger partial charge >= 0.3 is 0 Å². The summed E-state index contributed by atoms with van der Waals surface area (Å²) in [5.41, 5.74) is 0.557. The number of nitrogens with one attached hydrogen (secondary N) is 1. The highest BCUT2D eigenvalue weighted by Crippen LogP contribution is 2.26. The molecule has 0 aromatic carbocycles. The van der Waals surface area contributed by atoms with Crippen molar-refractivity contribution >= 4 is 5.91 Å². The number of pyridine rings is 1. The van der Waals surface area contributed by atoms with E-state index in [1.165, 1.54) is 12.8 Å². The summed E-state index contributed by atoms with van der Waals surface area (Å²) in [4.78, 5) is 16.1. The third-order valence-corrected chi connectivity index (χ3v) is 3.84. The molecule has 1 amide bonds. The minimum atomic E-state index is -0.741. The van der Waals surface area contributed by atoms with Crippen molar-refractivity contribution in [1.82, 2.24) is 10.3 Å². The normalized spacial score (nSPS) is 18.6. The van der Waals surface area contributed by atoms with E-state index in [9.17, 15) is 9.90 Å². The van der Waals surface area contributed by atoms with E-state index in [1.54, 1.807) is 6.20 Å². The fourth-order valence-electron chi connectivity index (χ4n) is 2.62. The van der Waals surface area contributed by atoms with E-state index in [2.05, 4.69) is 10.3 Å².